The van der Waals surface area contributed by atoms with Gasteiger partial charge in [-0.3, -0.25) is 0 Å². The molecule has 3 nitrogen and oxygen atoms in total. The molecular formula is C15H18BrNO2. The predicted molar refractivity (Wildman–Crippen MR) is 77.9 cm³/mol. The van der Waals surface area contributed by atoms with E-state index < -0.39 is 0 Å². The third-order valence-electron chi connectivity index (χ3n) is 3.77. The maximum absolute atomic E-state index is 8.88. The molecule has 0 saturated heterocycles. The van der Waals surface area contributed by atoms with Crippen LogP contribution in [0.4, 0.5) is 0 Å². The molecule has 0 amide bonds. The van der Waals surface area contributed by atoms with Crippen molar-refractivity contribution < 1.29 is 9.47 Å². The maximum atomic E-state index is 8.88. The highest BCUT2D eigenvalue weighted by Crippen LogP contribution is 2.40. The van der Waals surface area contributed by atoms with Crippen LogP contribution in [0.1, 0.15) is 31.2 Å². The van der Waals surface area contributed by atoms with Crippen LogP contribution in [0.15, 0.2) is 18.2 Å². The number of hydrogen-bond donors (Lipinski definition) is 0. The van der Waals surface area contributed by atoms with Crippen LogP contribution >= 0.6 is 15.9 Å². The van der Waals surface area contributed by atoms with Gasteiger partial charge in [-0.15, -0.1) is 0 Å². The monoisotopic (exact) mass is 323 g/mol. The SMILES string of the molecule is COc1cc(C#N)ccc1OCC1(CBr)CCCC1. The third-order valence-corrected chi connectivity index (χ3v) is 4.96. The van der Waals surface area contributed by atoms with Crippen molar-refractivity contribution in [1.82, 2.24) is 0 Å². The smallest absolute Gasteiger partial charge is 0.162 e. The molecule has 0 bridgehead atoms. The molecule has 0 aliphatic heterocycles. The van der Waals surface area contributed by atoms with E-state index in [1.54, 1.807) is 19.2 Å². The van der Waals surface area contributed by atoms with E-state index in [0.29, 0.717) is 23.7 Å². The normalized spacial score (nSPS) is 16.9. The molecule has 0 N–H and O–H groups in total. The van der Waals surface area contributed by atoms with Crippen molar-refractivity contribution in [1.29, 1.82) is 5.26 Å². The van der Waals surface area contributed by atoms with Gasteiger partial charge < -0.3 is 9.47 Å². The number of rotatable bonds is 5. The summed E-state index contributed by atoms with van der Waals surface area (Å²) in [5.41, 5.74) is 0.833. The van der Waals surface area contributed by atoms with Crippen LogP contribution in [0.25, 0.3) is 0 Å². The fourth-order valence-corrected chi connectivity index (χ4v) is 3.25. The van der Waals surface area contributed by atoms with Crippen molar-refractivity contribution in [3.63, 3.8) is 0 Å². The first-order chi connectivity index (χ1) is 9.23. The zero-order valence-electron chi connectivity index (χ0n) is 11.1. The van der Waals surface area contributed by atoms with E-state index in [4.69, 9.17) is 14.7 Å². The molecule has 1 aromatic rings. The van der Waals surface area contributed by atoms with E-state index in [2.05, 4.69) is 22.0 Å². The average Bonchev–Trinajstić information content (AvgIpc) is 2.94. The number of methoxy groups -OCH3 is 1. The third kappa shape index (κ3) is 3.22. The van der Waals surface area contributed by atoms with Crippen molar-refractivity contribution in [2.45, 2.75) is 25.7 Å². The van der Waals surface area contributed by atoms with Gasteiger partial charge in [-0.25, -0.2) is 0 Å². The Balaban J connectivity index is 2.09. The van der Waals surface area contributed by atoms with Gasteiger partial charge >= 0.3 is 0 Å². The van der Waals surface area contributed by atoms with Crippen LogP contribution in [0.3, 0.4) is 0 Å². The van der Waals surface area contributed by atoms with Gasteiger partial charge in [-0.05, 0) is 25.0 Å². The topological polar surface area (TPSA) is 42.2 Å². The minimum absolute atomic E-state index is 0.249. The molecule has 1 aromatic carbocycles. The first-order valence-corrected chi connectivity index (χ1v) is 7.62. The van der Waals surface area contributed by atoms with Crippen LogP contribution in [0.2, 0.25) is 0 Å². The summed E-state index contributed by atoms with van der Waals surface area (Å²) in [4.78, 5) is 0. The van der Waals surface area contributed by atoms with E-state index in [-0.39, 0.29) is 5.41 Å². The lowest BCUT2D eigenvalue weighted by molar-refractivity contribution is 0.169. The Labute approximate surface area is 122 Å². The number of nitrogens with zero attached hydrogens (tertiary/aromatic N) is 1. The minimum atomic E-state index is 0.249. The lowest BCUT2D eigenvalue weighted by atomic mass is 9.90. The second kappa shape index (κ2) is 6.29. The van der Waals surface area contributed by atoms with Gasteiger partial charge in [0.2, 0.25) is 0 Å². The van der Waals surface area contributed by atoms with E-state index >= 15 is 0 Å². The molecule has 0 atom stereocenters. The molecule has 1 aliphatic carbocycles. The van der Waals surface area contributed by atoms with E-state index in [1.807, 2.05) is 6.07 Å². The van der Waals surface area contributed by atoms with Gasteiger partial charge in [-0.1, -0.05) is 28.8 Å². The second-order valence-electron chi connectivity index (χ2n) is 5.11. The number of benzene rings is 1. The molecule has 1 saturated carbocycles. The Morgan fingerprint density at radius 2 is 2.05 bits per heavy atom. The van der Waals surface area contributed by atoms with Gasteiger partial charge in [0.05, 0.1) is 25.3 Å². The van der Waals surface area contributed by atoms with Crippen LogP contribution < -0.4 is 9.47 Å². The number of nitriles is 1. The maximum Gasteiger partial charge on any atom is 0.162 e. The fraction of sp³-hybridized carbons (Fsp3) is 0.533. The van der Waals surface area contributed by atoms with Gasteiger partial charge in [0.25, 0.3) is 0 Å². The van der Waals surface area contributed by atoms with Crippen LogP contribution in [-0.2, 0) is 0 Å². The number of alkyl halides is 1. The zero-order valence-corrected chi connectivity index (χ0v) is 12.7. The molecule has 1 aliphatic rings. The summed E-state index contributed by atoms with van der Waals surface area (Å²) < 4.78 is 11.2. The van der Waals surface area contributed by atoms with Crippen molar-refractivity contribution in [3.8, 4) is 17.6 Å². The summed E-state index contributed by atoms with van der Waals surface area (Å²) in [6.07, 6.45) is 4.96. The number of halogens is 1. The molecule has 102 valence electrons. The molecule has 19 heavy (non-hydrogen) atoms. The molecule has 0 unspecified atom stereocenters. The molecule has 0 radical (unpaired) electrons. The van der Waals surface area contributed by atoms with Gasteiger partial charge in [0, 0.05) is 16.8 Å². The summed E-state index contributed by atoms with van der Waals surface area (Å²) in [5, 5.41) is 9.85. The first kappa shape index (κ1) is 14.2. The lowest BCUT2D eigenvalue weighted by Gasteiger charge is -2.26. The Kier molecular flexibility index (Phi) is 4.71. The van der Waals surface area contributed by atoms with Crippen LogP contribution in [0, 0.1) is 16.7 Å². The molecule has 0 aromatic heterocycles. The second-order valence-corrected chi connectivity index (χ2v) is 5.67. The summed E-state index contributed by atoms with van der Waals surface area (Å²) >= 11 is 3.61. The minimum Gasteiger partial charge on any atom is -0.493 e. The largest absolute Gasteiger partial charge is 0.493 e. The molecule has 1 fully saturated rings. The number of hydrogen-bond acceptors (Lipinski definition) is 3. The Bertz CT molecular complexity index is 476. The standard InChI is InChI=1S/C15H18BrNO2/c1-18-14-8-12(9-17)4-5-13(14)19-11-15(10-16)6-2-3-7-15/h4-5,8H,2-3,6-7,10-11H2,1H3. The van der Waals surface area contributed by atoms with E-state index in [9.17, 15) is 0 Å². The van der Waals surface area contributed by atoms with E-state index in [0.717, 1.165) is 5.33 Å². The Morgan fingerprint density at radius 3 is 2.63 bits per heavy atom. The van der Waals surface area contributed by atoms with Crippen molar-refractivity contribution in [2.75, 3.05) is 19.0 Å². The van der Waals surface area contributed by atoms with Crippen LogP contribution in [0.5, 0.6) is 11.5 Å². The fourth-order valence-electron chi connectivity index (χ4n) is 2.53. The summed E-state index contributed by atoms with van der Waals surface area (Å²) in [7, 11) is 1.60. The zero-order chi connectivity index (χ0) is 13.7. The number of ether oxygens (including phenoxy) is 2. The lowest BCUT2D eigenvalue weighted by Crippen LogP contribution is -2.27. The first-order valence-electron chi connectivity index (χ1n) is 6.50. The highest BCUT2D eigenvalue weighted by atomic mass is 79.9. The van der Waals surface area contributed by atoms with Crippen molar-refractivity contribution >= 4 is 15.9 Å². The summed E-state index contributed by atoms with van der Waals surface area (Å²) in [6, 6.07) is 7.39. The predicted octanol–water partition coefficient (Wildman–Crippen LogP) is 3.90. The molecule has 4 heteroatoms. The summed E-state index contributed by atoms with van der Waals surface area (Å²) in [5.74, 6) is 1.34. The van der Waals surface area contributed by atoms with Crippen molar-refractivity contribution in [2.24, 2.45) is 5.41 Å². The molecular weight excluding hydrogens is 306 g/mol. The molecule has 0 heterocycles. The quantitative estimate of drug-likeness (QED) is 0.772. The van der Waals surface area contributed by atoms with Crippen molar-refractivity contribution in [3.05, 3.63) is 23.8 Å². The molecule has 0 spiro atoms. The van der Waals surface area contributed by atoms with Gasteiger partial charge in [0.1, 0.15) is 0 Å². The highest BCUT2D eigenvalue weighted by Gasteiger charge is 2.33. The van der Waals surface area contributed by atoms with Gasteiger partial charge in [0.15, 0.2) is 11.5 Å². The van der Waals surface area contributed by atoms with E-state index in [1.165, 1.54) is 25.7 Å². The average molecular weight is 324 g/mol. The highest BCUT2D eigenvalue weighted by molar-refractivity contribution is 9.09. The molecule has 2 rings (SSSR count). The Morgan fingerprint density at radius 1 is 1.32 bits per heavy atom. The van der Waals surface area contributed by atoms with Crippen LogP contribution in [-0.4, -0.2) is 19.0 Å². The van der Waals surface area contributed by atoms with Gasteiger partial charge in [-0.2, -0.15) is 5.26 Å². The Hall–Kier alpha value is -1.21. The summed E-state index contributed by atoms with van der Waals surface area (Å²) in [6.45, 7) is 0.695.